The van der Waals surface area contributed by atoms with Gasteiger partial charge >= 0.3 is 0 Å². The van der Waals surface area contributed by atoms with Crippen molar-refractivity contribution in [3.63, 3.8) is 0 Å². The Morgan fingerprint density at radius 3 is 2.77 bits per heavy atom. The van der Waals surface area contributed by atoms with Crippen LogP contribution in [0, 0.1) is 18.3 Å². The van der Waals surface area contributed by atoms with Gasteiger partial charge in [0.1, 0.15) is 23.1 Å². The number of aromatic nitrogens is 1. The lowest BCUT2D eigenvalue weighted by molar-refractivity contribution is -0.122. The van der Waals surface area contributed by atoms with Gasteiger partial charge in [0.2, 0.25) is 5.91 Å². The van der Waals surface area contributed by atoms with E-state index in [9.17, 15) is 14.9 Å². The SMILES string of the molecule is Cc1ccc2c(c1)[C@]1(C(=O)N2)C(C#N)=C(N)N(c2ccc(Cl)cn2)C2=C1C(=O)CCC2. The summed E-state index contributed by atoms with van der Waals surface area (Å²) in [6, 6.07) is 11.0. The molecule has 0 bridgehead atoms. The number of benzene rings is 1. The molecule has 2 aromatic rings. The van der Waals surface area contributed by atoms with Crippen molar-refractivity contribution in [2.45, 2.75) is 31.6 Å². The van der Waals surface area contributed by atoms with E-state index in [1.54, 1.807) is 23.1 Å². The van der Waals surface area contributed by atoms with Gasteiger partial charge in [-0.2, -0.15) is 5.26 Å². The highest BCUT2D eigenvalue weighted by Crippen LogP contribution is 2.55. The molecule has 0 radical (unpaired) electrons. The van der Waals surface area contributed by atoms with Crippen molar-refractivity contribution in [3.05, 3.63) is 75.3 Å². The highest BCUT2D eigenvalue weighted by atomic mass is 35.5. The molecule has 2 aliphatic heterocycles. The minimum Gasteiger partial charge on any atom is -0.384 e. The van der Waals surface area contributed by atoms with E-state index in [0.29, 0.717) is 52.6 Å². The van der Waals surface area contributed by atoms with Crippen LogP contribution in [0.15, 0.2) is 59.2 Å². The number of Topliss-reactive ketones (excluding diaryl/α,β-unsaturated/α-hetero) is 1. The predicted molar refractivity (Wildman–Crippen MR) is 116 cm³/mol. The summed E-state index contributed by atoms with van der Waals surface area (Å²) in [4.78, 5) is 32.9. The smallest absolute Gasteiger partial charge is 0.245 e. The van der Waals surface area contributed by atoms with E-state index in [1.807, 2.05) is 19.1 Å². The highest BCUT2D eigenvalue weighted by Gasteiger charge is 2.60. The number of nitrogens with two attached hydrogens (primary N) is 1. The Balaban J connectivity index is 1.88. The molecule has 3 aliphatic rings. The van der Waals surface area contributed by atoms with E-state index in [-0.39, 0.29) is 17.2 Å². The molecule has 31 heavy (non-hydrogen) atoms. The first kappa shape index (κ1) is 19.3. The van der Waals surface area contributed by atoms with Gasteiger partial charge in [0, 0.05) is 35.1 Å². The Morgan fingerprint density at radius 2 is 2.06 bits per heavy atom. The number of fused-ring (bicyclic) bond motifs is 3. The number of carbonyl (C=O) groups excluding carboxylic acids is 2. The molecule has 0 saturated heterocycles. The van der Waals surface area contributed by atoms with Gasteiger partial charge in [-0.25, -0.2) is 4.98 Å². The van der Waals surface area contributed by atoms with Crippen LogP contribution in [0.25, 0.3) is 0 Å². The molecule has 3 heterocycles. The summed E-state index contributed by atoms with van der Waals surface area (Å²) in [6.07, 6.45) is 2.93. The number of hydrogen-bond acceptors (Lipinski definition) is 6. The monoisotopic (exact) mass is 431 g/mol. The van der Waals surface area contributed by atoms with Crippen molar-refractivity contribution in [1.29, 1.82) is 5.26 Å². The maximum absolute atomic E-state index is 13.5. The molecule has 7 nitrogen and oxygen atoms in total. The zero-order valence-electron chi connectivity index (χ0n) is 16.7. The number of aryl methyl sites for hydroxylation is 1. The second kappa shape index (κ2) is 6.69. The van der Waals surface area contributed by atoms with Gasteiger partial charge in [-0.1, -0.05) is 29.3 Å². The lowest BCUT2D eigenvalue weighted by Gasteiger charge is -2.43. The molecule has 1 atom stereocenters. The molecule has 5 rings (SSSR count). The number of pyridine rings is 1. The number of halogens is 1. The van der Waals surface area contributed by atoms with Crippen LogP contribution in [-0.4, -0.2) is 16.7 Å². The molecule has 1 amide bonds. The van der Waals surface area contributed by atoms with E-state index in [1.165, 1.54) is 6.20 Å². The van der Waals surface area contributed by atoms with Crippen molar-refractivity contribution in [2.75, 3.05) is 10.2 Å². The summed E-state index contributed by atoms with van der Waals surface area (Å²) in [6.45, 7) is 1.90. The molecular weight excluding hydrogens is 414 g/mol. The number of carbonyl (C=O) groups is 2. The molecule has 0 fully saturated rings. The molecule has 1 aromatic carbocycles. The first-order valence-electron chi connectivity index (χ1n) is 9.91. The van der Waals surface area contributed by atoms with Gasteiger partial charge in [-0.05, 0) is 38.0 Å². The molecule has 8 heteroatoms. The summed E-state index contributed by atoms with van der Waals surface area (Å²) in [5, 5.41) is 13.5. The third-order valence-electron chi connectivity index (χ3n) is 6.12. The van der Waals surface area contributed by atoms with Crippen molar-refractivity contribution in [1.82, 2.24) is 4.98 Å². The van der Waals surface area contributed by atoms with Gasteiger partial charge in [0.15, 0.2) is 5.78 Å². The minimum absolute atomic E-state index is 0.0279. The highest BCUT2D eigenvalue weighted by molar-refractivity contribution is 6.30. The Bertz CT molecular complexity index is 1270. The zero-order chi connectivity index (χ0) is 21.9. The number of nitrogens with zero attached hydrogens (tertiary/aromatic N) is 3. The van der Waals surface area contributed by atoms with Crippen molar-refractivity contribution >= 4 is 34.8 Å². The normalized spacial score (nSPS) is 22.4. The molecule has 1 aliphatic carbocycles. The molecule has 154 valence electrons. The van der Waals surface area contributed by atoms with Crippen LogP contribution in [0.2, 0.25) is 5.02 Å². The Kier molecular flexibility index (Phi) is 4.17. The van der Waals surface area contributed by atoms with Crippen molar-refractivity contribution in [2.24, 2.45) is 5.73 Å². The van der Waals surface area contributed by atoms with Crippen LogP contribution in [0.5, 0.6) is 0 Å². The summed E-state index contributed by atoms with van der Waals surface area (Å²) in [5.74, 6) is -0.0612. The summed E-state index contributed by atoms with van der Waals surface area (Å²) in [5.41, 5.74) is 8.02. The molecule has 0 unspecified atom stereocenters. The van der Waals surface area contributed by atoms with Crippen LogP contribution in [-0.2, 0) is 15.0 Å². The van der Waals surface area contributed by atoms with E-state index in [0.717, 1.165) is 5.56 Å². The molecule has 3 N–H and O–H groups in total. The number of allylic oxidation sites excluding steroid dienone is 1. The van der Waals surface area contributed by atoms with Crippen LogP contribution < -0.4 is 16.0 Å². The quantitative estimate of drug-likeness (QED) is 0.715. The number of anilines is 2. The standard InChI is InChI=1S/C23H18ClN5O2/c1-12-5-7-16-14(9-12)23(22(31)28-16)15(10-25)21(26)29(19-8-6-13(24)11-27-19)17-3-2-4-18(30)20(17)23/h5-9,11H,2-4,26H2,1H3,(H,28,31)/t23-/m0/s1. The minimum atomic E-state index is -1.56. The van der Waals surface area contributed by atoms with Crippen LogP contribution in [0.3, 0.4) is 0 Å². The largest absolute Gasteiger partial charge is 0.384 e. The number of nitrogens with one attached hydrogen (secondary N) is 1. The summed E-state index contributed by atoms with van der Waals surface area (Å²) in [7, 11) is 0. The van der Waals surface area contributed by atoms with Crippen molar-refractivity contribution < 1.29 is 9.59 Å². The van der Waals surface area contributed by atoms with Gasteiger partial charge in [0.25, 0.3) is 0 Å². The second-order valence-electron chi connectivity index (χ2n) is 7.89. The fourth-order valence-corrected chi connectivity index (χ4v) is 4.98. The zero-order valence-corrected chi connectivity index (χ0v) is 17.5. The Labute approximate surface area is 183 Å². The average Bonchev–Trinajstić information content (AvgIpc) is 3.02. The molecule has 1 spiro atoms. The fourth-order valence-electron chi connectivity index (χ4n) is 4.87. The van der Waals surface area contributed by atoms with Gasteiger partial charge in [0.05, 0.1) is 10.6 Å². The first-order chi connectivity index (χ1) is 14.9. The number of nitriles is 1. The maximum Gasteiger partial charge on any atom is 0.245 e. The lowest BCUT2D eigenvalue weighted by atomic mass is 9.63. The summed E-state index contributed by atoms with van der Waals surface area (Å²) < 4.78 is 0. The van der Waals surface area contributed by atoms with Crippen molar-refractivity contribution in [3.8, 4) is 6.07 Å². The van der Waals surface area contributed by atoms with E-state index in [4.69, 9.17) is 17.3 Å². The predicted octanol–water partition coefficient (Wildman–Crippen LogP) is 3.45. The van der Waals surface area contributed by atoms with Gasteiger partial charge in [-0.15, -0.1) is 0 Å². The molecule has 1 aromatic heterocycles. The van der Waals surface area contributed by atoms with Gasteiger partial charge < -0.3 is 11.1 Å². The lowest BCUT2D eigenvalue weighted by Crippen LogP contribution is -2.51. The molecule has 0 saturated carbocycles. The number of amides is 1. The first-order valence-corrected chi connectivity index (χ1v) is 10.3. The fraction of sp³-hybridized carbons (Fsp3) is 0.217. The second-order valence-corrected chi connectivity index (χ2v) is 8.33. The van der Waals surface area contributed by atoms with E-state index >= 15 is 0 Å². The van der Waals surface area contributed by atoms with E-state index in [2.05, 4.69) is 16.4 Å². The number of ketones is 1. The Hall–Kier alpha value is -3.63. The van der Waals surface area contributed by atoms with Crippen LogP contribution in [0.4, 0.5) is 11.5 Å². The average molecular weight is 432 g/mol. The maximum atomic E-state index is 13.5. The topological polar surface area (TPSA) is 112 Å². The summed E-state index contributed by atoms with van der Waals surface area (Å²) >= 11 is 6.00. The van der Waals surface area contributed by atoms with Gasteiger partial charge in [-0.3, -0.25) is 14.5 Å². The third-order valence-corrected chi connectivity index (χ3v) is 6.35. The third kappa shape index (κ3) is 2.49. The Morgan fingerprint density at radius 1 is 1.26 bits per heavy atom. The van der Waals surface area contributed by atoms with Crippen LogP contribution >= 0.6 is 11.6 Å². The van der Waals surface area contributed by atoms with E-state index < -0.39 is 11.3 Å². The number of hydrogen-bond donors (Lipinski definition) is 2. The molecular formula is C23H18ClN5O2. The van der Waals surface area contributed by atoms with Crippen LogP contribution in [0.1, 0.15) is 30.4 Å². The number of rotatable bonds is 1.